The molecule has 0 aliphatic carbocycles. The van der Waals surface area contributed by atoms with E-state index in [1.165, 1.54) is 7.11 Å². The lowest BCUT2D eigenvalue weighted by atomic mass is 9.93. The maximum atomic E-state index is 10.6. The van der Waals surface area contributed by atoms with Crippen LogP contribution in [-0.4, -0.2) is 83.0 Å². The monoisotopic (exact) mass is 482 g/mol. The fourth-order valence-electron chi connectivity index (χ4n) is 3.80. The molecule has 5 N–H and O–H groups in total. The summed E-state index contributed by atoms with van der Waals surface area (Å²) in [5, 5.41) is 49.8. The third-order valence-corrected chi connectivity index (χ3v) is 6.12. The Morgan fingerprint density at radius 1 is 1.03 bits per heavy atom. The normalized spacial score (nSPS) is 20.8. The first-order valence-electron chi connectivity index (χ1n) is 10.8. The number of aliphatic hydroxyl groups excluding tert-OH is 5. The predicted molar refractivity (Wildman–Crippen MR) is 121 cm³/mol. The van der Waals surface area contributed by atoms with E-state index in [2.05, 4.69) is 0 Å². The Balaban J connectivity index is 1.72. The lowest BCUT2D eigenvalue weighted by Crippen LogP contribution is -2.48. The Labute approximate surface area is 197 Å². The van der Waals surface area contributed by atoms with E-state index >= 15 is 0 Å². The number of hydrogen-bond donors (Lipinski definition) is 5. The van der Waals surface area contributed by atoms with Crippen molar-refractivity contribution in [3.05, 3.63) is 64.2 Å². The molecule has 0 saturated carbocycles. The van der Waals surface area contributed by atoms with Crippen molar-refractivity contribution < 1.29 is 39.7 Å². The summed E-state index contributed by atoms with van der Waals surface area (Å²) in [7, 11) is 1.36. The number of aliphatic hydroxyl groups is 5. The van der Waals surface area contributed by atoms with Crippen molar-refractivity contribution in [3.63, 3.8) is 0 Å². The summed E-state index contributed by atoms with van der Waals surface area (Å²) < 4.78 is 16.6. The van der Waals surface area contributed by atoms with Crippen LogP contribution in [0, 0.1) is 0 Å². The second-order valence-corrected chi connectivity index (χ2v) is 8.56. The number of hydrogen-bond acceptors (Lipinski definition) is 8. The summed E-state index contributed by atoms with van der Waals surface area (Å²) in [6.45, 7) is 0.556. The molecule has 9 heteroatoms. The summed E-state index contributed by atoms with van der Waals surface area (Å²) in [6.07, 6.45) is -6.17. The summed E-state index contributed by atoms with van der Waals surface area (Å²) in [5.74, 6) is 0.772. The van der Waals surface area contributed by atoms with Crippen molar-refractivity contribution >= 4 is 11.6 Å². The van der Waals surface area contributed by atoms with E-state index in [0.717, 1.165) is 23.3 Å². The van der Waals surface area contributed by atoms with Crippen LogP contribution in [0.1, 0.15) is 29.2 Å². The molecule has 182 valence electrons. The molecular weight excluding hydrogens is 452 g/mol. The van der Waals surface area contributed by atoms with Crippen LogP contribution >= 0.6 is 11.6 Å². The standard InChI is InChI=1S/C24H31ClO8/c1-31-24(23(30)22(29)21(28)20(27)12-26)15-4-7-19(25)16(11-15)10-14-2-5-17(6-3-14)33-18-8-9-32-13-18/h2-7,11,18,20-24,26-30H,8-10,12-13H2,1H3/t18-,20+,21+,22-,23+,24-/m0/s1. The van der Waals surface area contributed by atoms with Crippen LogP contribution in [0.4, 0.5) is 0 Å². The van der Waals surface area contributed by atoms with E-state index in [4.69, 9.17) is 30.9 Å². The third-order valence-electron chi connectivity index (χ3n) is 5.75. The van der Waals surface area contributed by atoms with Crippen molar-refractivity contribution in [2.45, 2.75) is 49.5 Å². The van der Waals surface area contributed by atoms with Crippen LogP contribution in [0.2, 0.25) is 5.02 Å². The summed E-state index contributed by atoms with van der Waals surface area (Å²) in [5.41, 5.74) is 2.32. The van der Waals surface area contributed by atoms with E-state index in [-0.39, 0.29) is 6.10 Å². The van der Waals surface area contributed by atoms with Crippen molar-refractivity contribution in [2.24, 2.45) is 0 Å². The Kier molecular flexibility index (Phi) is 9.48. The second-order valence-electron chi connectivity index (χ2n) is 8.15. The van der Waals surface area contributed by atoms with Gasteiger partial charge in [0.2, 0.25) is 0 Å². The molecule has 33 heavy (non-hydrogen) atoms. The molecule has 2 aromatic rings. The summed E-state index contributed by atoms with van der Waals surface area (Å²) >= 11 is 6.40. The minimum Gasteiger partial charge on any atom is -0.488 e. The van der Waals surface area contributed by atoms with Crippen molar-refractivity contribution in [3.8, 4) is 5.75 Å². The van der Waals surface area contributed by atoms with Crippen LogP contribution in [0.3, 0.4) is 0 Å². The van der Waals surface area contributed by atoms with Gasteiger partial charge in [0.1, 0.15) is 42.4 Å². The SMILES string of the molecule is CO[C@@H](c1ccc(Cl)c(Cc2ccc(O[C@H]3CCOC3)cc2)c1)[C@H](O)[C@@H](O)[C@H](O)[C@H](O)CO. The molecule has 3 rings (SSSR count). The van der Waals surface area contributed by atoms with E-state index < -0.39 is 37.1 Å². The van der Waals surface area contributed by atoms with Crippen molar-refractivity contribution in [1.82, 2.24) is 0 Å². The molecule has 0 radical (unpaired) electrons. The van der Waals surface area contributed by atoms with Gasteiger partial charge in [-0.05, 0) is 41.3 Å². The molecule has 6 atom stereocenters. The van der Waals surface area contributed by atoms with Crippen LogP contribution in [0.5, 0.6) is 5.75 Å². The lowest BCUT2D eigenvalue weighted by Gasteiger charge is -2.30. The van der Waals surface area contributed by atoms with Gasteiger partial charge in [0.05, 0.1) is 19.8 Å². The van der Waals surface area contributed by atoms with Gasteiger partial charge in [-0.3, -0.25) is 0 Å². The van der Waals surface area contributed by atoms with Gasteiger partial charge in [0, 0.05) is 18.6 Å². The quantitative estimate of drug-likeness (QED) is 0.323. The first-order valence-corrected chi connectivity index (χ1v) is 11.2. The highest BCUT2D eigenvalue weighted by atomic mass is 35.5. The van der Waals surface area contributed by atoms with Gasteiger partial charge in [-0.25, -0.2) is 0 Å². The number of halogens is 1. The minimum atomic E-state index is -1.74. The zero-order chi connectivity index (χ0) is 24.0. The maximum Gasteiger partial charge on any atom is 0.124 e. The molecule has 0 aromatic heterocycles. The number of methoxy groups -OCH3 is 1. The highest BCUT2D eigenvalue weighted by Gasteiger charge is 2.35. The molecule has 1 heterocycles. The second kappa shape index (κ2) is 12.1. The van der Waals surface area contributed by atoms with Gasteiger partial charge in [0.25, 0.3) is 0 Å². The molecule has 0 spiro atoms. The summed E-state index contributed by atoms with van der Waals surface area (Å²) in [4.78, 5) is 0. The zero-order valence-electron chi connectivity index (χ0n) is 18.4. The Hall–Kier alpha value is -1.75. The average molecular weight is 483 g/mol. The first kappa shape index (κ1) is 25.9. The van der Waals surface area contributed by atoms with Gasteiger partial charge in [-0.15, -0.1) is 0 Å². The number of benzene rings is 2. The van der Waals surface area contributed by atoms with Crippen molar-refractivity contribution in [1.29, 1.82) is 0 Å². The van der Waals surface area contributed by atoms with Gasteiger partial charge < -0.3 is 39.7 Å². The van der Waals surface area contributed by atoms with Crippen molar-refractivity contribution in [2.75, 3.05) is 26.9 Å². The van der Waals surface area contributed by atoms with Gasteiger partial charge in [0.15, 0.2) is 0 Å². The van der Waals surface area contributed by atoms with Crippen LogP contribution in [-0.2, 0) is 15.9 Å². The first-order chi connectivity index (χ1) is 15.8. The largest absolute Gasteiger partial charge is 0.488 e. The molecule has 0 amide bonds. The molecule has 2 aromatic carbocycles. The fraction of sp³-hybridized carbons (Fsp3) is 0.500. The third kappa shape index (κ3) is 6.65. The molecule has 8 nitrogen and oxygen atoms in total. The van der Waals surface area contributed by atoms with E-state index in [9.17, 15) is 20.4 Å². The predicted octanol–water partition coefficient (Wildman–Crippen LogP) is 1.22. The number of rotatable bonds is 11. The van der Waals surface area contributed by atoms with E-state index in [0.29, 0.717) is 30.2 Å². The van der Waals surface area contributed by atoms with Crippen LogP contribution in [0.25, 0.3) is 0 Å². The highest BCUT2D eigenvalue weighted by molar-refractivity contribution is 6.31. The Bertz CT molecular complexity index is 871. The van der Waals surface area contributed by atoms with Gasteiger partial charge >= 0.3 is 0 Å². The number of ether oxygens (including phenoxy) is 3. The van der Waals surface area contributed by atoms with Gasteiger partial charge in [-0.1, -0.05) is 35.9 Å². The maximum absolute atomic E-state index is 10.6. The molecule has 0 unspecified atom stereocenters. The van der Waals surface area contributed by atoms with E-state index in [1.807, 2.05) is 24.3 Å². The average Bonchev–Trinajstić information content (AvgIpc) is 3.34. The molecule has 1 saturated heterocycles. The zero-order valence-corrected chi connectivity index (χ0v) is 19.1. The Morgan fingerprint density at radius 3 is 2.36 bits per heavy atom. The minimum absolute atomic E-state index is 0.0757. The highest BCUT2D eigenvalue weighted by Crippen LogP contribution is 2.30. The molecule has 1 fully saturated rings. The molecule has 1 aliphatic heterocycles. The fourth-order valence-corrected chi connectivity index (χ4v) is 3.98. The van der Waals surface area contributed by atoms with Crippen LogP contribution in [0.15, 0.2) is 42.5 Å². The Morgan fingerprint density at radius 2 is 1.76 bits per heavy atom. The smallest absolute Gasteiger partial charge is 0.124 e. The summed E-state index contributed by atoms with van der Waals surface area (Å²) in [6, 6.07) is 12.8. The molecular formula is C24H31ClO8. The van der Waals surface area contributed by atoms with Gasteiger partial charge in [-0.2, -0.15) is 0 Å². The topological polar surface area (TPSA) is 129 Å². The van der Waals surface area contributed by atoms with E-state index in [1.54, 1.807) is 18.2 Å². The molecule has 0 bridgehead atoms. The van der Waals surface area contributed by atoms with Crippen LogP contribution < -0.4 is 4.74 Å². The lowest BCUT2D eigenvalue weighted by molar-refractivity contribution is -0.146. The molecule has 1 aliphatic rings.